The van der Waals surface area contributed by atoms with E-state index >= 15 is 0 Å². The zero-order valence-corrected chi connectivity index (χ0v) is 12.3. The molecule has 1 heterocycles. The third kappa shape index (κ3) is 2.10. The lowest BCUT2D eigenvalue weighted by atomic mass is 10.1. The molecule has 0 amide bonds. The molecule has 1 aliphatic rings. The average Bonchev–Trinajstić information content (AvgIpc) is 2.94. The maximum atomic E-state index is 6.31. The van der Waals surface area contributed by atoms with Crippen LogP contribution in [0.1, 0.15) is 17.7 Å². The van der Waals surface area contributed by atoms with E-state index < -0.39 is 0 Å². The summed E-state index contributed by atoms with van der Waals surface area (Å²) in [6.45, 7) is 0. The van der Waals surface area contributed by atoms with E-state index in [0.717, 1.165) is 36.3 Å². The Morgan fingerprint density at radius 3 is 2.85 bits per heavy atom. The monoisotopic (exact) mass is 289 g/mol. The number of ether oxygens (including phenoxy) is 1. The van der Waals surface area contributed by atoms with Crippen LogP contribution in [0, 0.1) is 0 Å². The molecule has 4 nitrogen and oxygen atoms in total. The van der Waals surface area contributed by atoms with Crippen molar-refractivity contribution >= 4 is 17.4 Å². The van der Waals surface area contributed by atoms with Crippen LogP contribution in [-0.4, -0.2) is 24.1 Å². The van der Waals surface area contributed by atoms with Crippen LogP contribution in [0.15, 0.2) is 18.2 Å². The molecule has 0 bridgehead atoms. The van der Waals surface area contributed by atoms with Crippen molar-refractivity contribution in [3.8, 4) is 17.1 Å². The van der Waals surface area contributed by atoms with Crippen molar-refractivity contribution in [1.82, 2.24) is 9.97 Å². The molecular weight excluding hydrogens is 274 g/mol. The first-order valence-electron chi connectivity index (χ1n) is 6.65. The SMILES string of the molecule is CNc1nc(-c2c(Cl)cccc2OC)nc2c1CCC2. The Morgan fingerprint density at radius 2 is 2.10 bits per heavy atom. The number of aryl methyl sites for hydroxylation is 1. The number of hydrogen-bond acceptors (Lipinski definition) is 4. The van der Waals surface area contributed by atoms with Gasteiger partial charge >= 0.3 is 0 Å². The van der Waals surface area contributed by atoms with Crippen molar-refractivity contribution in [2.45, 2.75) is 19.3 Å². The van der Waals surface area contributed by atoms with E-state index in [4.69, 9.17) is 16.3 Å². The summed E-state index contributed by atoms with van der Waals surface area (Å²) in [7, 11) is 3.51. The van der Waals surface area contributed by atoms with E-state index in [1.54, 1.807) is 7.11 Å². The van der Waals surface area contributed by atoms with Gasteiger partial charge in [-0.25, -0.2) is 9.97 Å². The normalized spacial score (nSPS) is 13.2. The van der Waals surface area contributed by atoms with Gasteiger partial charge in [-0.3, -0.25) is 0 Å². The molecule has 3 rings (SSSR count). The van der Waals surface area contributed by atoms with Crippen molar-refractivity contribution in [2.24, 2.45) is 0 Å². The van der Waals surface area contributed by atoms with Gasteiger partial charge in [0.05, 0.1) is 17.7 Å². The molecule has 1 aromatic heterocycles. The first-order valence-corrected chi connectivity index (χ1v) is 7.02. The van der Waals surface area contributed by atoms with Gasteiger partial charge in [-0.05, 0) is 31.4 Å². The predicted molar refractivity (Wildman–Crippen MR) is 80.6 cm³/mol. The summed E-state index contributed by atoms with van der Waals surface area (Å²) >= 11 is 6.31. The number of anilines is 1. The highest BCUT2D eigenvalue weighted by Crippen LogP contribution is 2.37. The van der Waals surface area contributed by atoms with Crippen LogP contribution in [0.2, 0.25) is 5.02 Å². The largest absolute Gasteiger partial charge is 0.496 e. The van der Waals surface area contributed by atoms with E-state index in [0.29, 0.717) is 16.6 Å². The van der Waals surface area contributed by atoms with Crippen LogP contribution in [0.5, 0.6) is 5.75 Å². The molecule has 1 aromatic carbocycles. The Balaban J connectivity index is 2.21. The van der Waals surface area contributed by atoms with Crippen LogP contribution >= 0.6 is 11.6 Å². The highest BCUT2D eigenvalue weighted by atomic mass is 35.5. The molecule has 1 aliphatic carbocycles. The summed E-state index contributed by atoms with van der Waals surface area (Å²) in [6.07, 6.45) is 3.15. The van der Waals surface area contributed by atoms with Crippen molar-refractivity contribution in [3.63, 3.8) is 0 Å². The highest BCUT2D eigenvalue weighted by Gasteiger charge is 2.21. The number of aromatic nitrogens is 2. The molecule has 0 aliphatic heterocycles. The smallest absolute Gasteiger partial charge is 0.167 e. The molecule has 104 valence electrons. The number of rotatable bonds is 3. The number of fused-ring (bicyclic) bond motifs is 1. The minimum Gasteiger partial charge on any atom is -0.496 e. The Bertz CT molecular complexity index is 658. The van der Waals surface area contributed by atoms with Gasteiger partial charge in [-0.1, -0.05) is 17.7 Å². The third-order valence-electron chi connectivity index (χ3n) is 3.59. The van der Waals surface area contributed by atoms with Gasteiger partial charge in [0.2, 0.25) is 0 Å². The fraction of sp³-hybridized carbons (Fsp3) is 0.333. The molecule has 1 N–H and O–H groups in total. The Labute approximate surface area is 123 Å². The lowest BCUT2D eigenvalue weighted by molar-refractivity contribution is 0.416. The summed E-state index contributed by atoms with van der Waals surface area (Å²) in [5.41, 5.74) is 3.09. The summed E-state index contributed by atoms with van der Waals surface area (Å²) < 4.78 is 5.39. The van der Waals surface area contributed by atoms with Gasteiger partial charge in [-0.15, -0.1) is 0 Å². The molecule has 0 atom stereocenters. The lowest BCUT2D eigenvalue weighted by Gasteiger charge is -2.13. The second-order valence-electron chi connectivity index (χ2n) is 4.74. The quantitative estimate of drug-likeness (QED) is 0.941. The van der Waals surface area contributed by atoms with Crippen LogP contribution in [0.3, 0.4) is 0 Å². The predicted octanol–water partition coefficient (Wildman–Crippen LogP) is 3.34. The van der Waals surface area contributed by atoms with Crippen molar-refractivity contribution < 1.29 is 4.74 Å². The van der Waals surface area contributed by atoms with Crippen LogP contribution in [0.25, 0.3) is 11.4 Å². The summed E-state index contributed by atoms with van der Waals surface area (Å²) in [5, 5.41) is 3.76. The molecule has 0 radical (unpaired) electrons. The van der Waals surface area contributed by atoms with E-state index in [1.165, 1.54) is 5.56 Å². The number of nitrogens with zero attached hydrogens (tertiary/aromatic N) is 2. The third-order valence-corrected chi connectivity index (χ3v) is 3.90. The highest BCUT2D eigenvalue weighted by molar-refractivity contribution is 6.33. The zero-order chi connectivity index (χ0) is 14.1. The van der Waals surface area contributed by atoms with E-state index in [2.05, 4.69) is 15.3 Å². The molecule has 0 saturated carbocycles. The first-order chi connectivity index (χ1) is 9.74. The topological polar surface area (TPSA) is 47.0 Å². The van der Waals surface area contributed by atoms with E-state index in [9.17, 15) is 0 Å². The minimum atomic E-state index is 0.601. The molecule has 0 fully saturated rings. The van der Waals surface area contributed by atoms with Gasteiger partial charge in [0.25, 0.3) is 0 Å². The first kappa shape index (κ1) is 13.2. The van der Waals surface area contributed by atoms with Crippen molar-refractivity contribution in [3.05, 3.63) is 34.5 Å². The summed E-state index contributed by atoms with van der Waals surface area (Å²) in [5.74, 6) is 2.21. The molecule has 20 heavy (non-hydrogen) atoms. The second kappa shape index (κ2) is 5.29. The molecule has 0 unspecified atom stereocenters. The maximum Gasteiger partial charge on any atom is 0.167 e. The minimum absolute atomic E-state index is 0.601. The number of methoxy groups -OCH3 is 1. The molecule has 2 aromatic rings. The zero-order valence-electron chi connectivity index (χ0n) is 11.5. The number of benzene rings is 1. The van der Waals surface area contributed by atoms with E-state index in [-0.39, 0.29) is 0 Å². The summed E-state index contributed by atoms with van der Waals surface area (Å²) in [4.78, 5) is 9.30. The molecular formula is C15H16ClN3O. The van der Waals surface area contributed by atoms with Crippen LogP contribution < -0.4 is 10.1 Å². The van der Waals surface area contributed by atoms with Crippen molar-refractivity contribution in [1.29, 1.82) is 0 Å². The molecule has 0 spiro atoms. The lowest BCUT2D eigenvalue weighted by Crippen LogP contribution is -2.04. The molecule has 0 saturated heterocycles. The fourth-order valence-corrected chi connectivity index (χ4v) is 2.89. The van der Waals surface area contributed by atoms with Gasteiger partial charge < -0.3 is 10.1 Å². The van der Waals surface area contributed by atoms with E-state index in [1.807, 2.05) is 25.2 Å². The number of nitrogens with one attached hydrogen (secondary N) is 1. The average molecular weight is 290 g/mol. The van der Waals surface area contributed by atoms with Gasteiger partial charge in [0.1, 0.15) is 11.6 Å². The van der Waals surface area contributed by atoms with Gasteiger partial charge in [0, 0.05) is 18.3 Å². The Morgan fingerprint density at radius 1 is 1.25 bits per heavy atom. The van der Waals surface area contributed by atoms with Crippen LogP contribution in [-0.2, 0) is 12.8 Å². The van der Waals surface area contributed by atoms with Gasteiger partial charge in [-0.2, -0.15) is 0 Å². The molecule has 5 heteroatoms. The van der Waals surface area contributed by atoms with Gasteiger partial charge in [0.15, 0.2) is 5.82 Å². The number of halogens is 1. The van der Waals surface area contributed by atoms with Crippen molar-refractivity contribution in [2.75, 3.05) is 19.5 Å². The maximum absolute atomic E-state index is 6.31. The van der Waals surface area contributed by atoms with Crippen LogP contribution in [0.4, 0.5) is 5.82 Å². The Hall–Kier alpha value is -1.81. The fourth-order valence-electron chi connectivity index (χ4n) is 2.64. The Kier molecular flexibility index (Phi) is 3.49. The summed E-state index contributed by atoms with van der Waals surface area (Å²) in [6, 6.07) is 5.56. The number of hydrogen-bond donors (Lipinski definition) is 1. The second-order valence-corrected chi connectivity index (χ2v) is 5.15. The standard InChI is InChI=1S/C15H16ClN3O/c1-17-14-9-5-3-7-11(9)18-15(19-14)13-10(16)6-4-8-12(13)20-2/h4,6,8H,3,5,7H2,1-2H3,(H,17,18,19).